The molecule has 94 valence electrons. The van der Waals surface area contributed by atoms with Crippen LogP contribution in [0.2, 0.25) is 0 Å². The number of Topliss-reactive ketones (excluding diaryl/α,β-unsaturated/α-hetero) is 1. The second-order valence-electron chi connectivity index (χ2n) is 3.84. The van der Waals surface area contributed by atoms with E-state index in [0.717, 1.165) is 12.1 Å². The van der Waals surface area contributed by atoms with Gasteiger partial charge in [0.1, 0.15) is 11.6 Å². The van der Waals surface area contributed by atoms with Gasteiger partial charge in [0.25, 0.3) is 0 Å². The lowest BCUT2D eigenvalue weighted by molar-refractivity contribution is -0.119. The summed E-state index contributed by atoms with van der Waals surface area (Å²) in [5.74, 6) is -1.84. The third kappa shape index (κ3) is 2.63. The summed E-state index contributed by atoms with van der Waals surface area (Å²) in [5, 5.41) is 1.80. The first-order chi connectivity index (χ1) is 8.59. The number of ketones is 1. The van der Waals surface area contributed by atoms with Crippen molar-refractivity contribution in [1.29, 1.82) is 0 Å². The fraction of sp³-hybridized carbons (Fsp3) is 0.154. The van der Waals surface area contributed by atoms with Gasteiger partial charge in [-0.2, -0.15) is 0 Å². The Balaban J connectivity index is 2.17. The molecule has 1 atom stereocenters. The lowest BCUT2D eigenvalue weighted by atomic mass is 10.0. The SMILES string of the molecule is NC(C(=O)Cc1c(F)cccc1F)c1cccs1. The molecule has 1 heterocycles. The molecule has 2 rings (SSSR count). The van der Waals surface area contributed by atoms with E-state index in [2.05, 4.69) is 0 Å². The molecule has 0 aliphatic carbocycles. The summed E-state index contributed by atoms with van der Waals surface area (Å²) < 4.78 is 26.8. The molecule has 0 amide bonds. The summed E-state index contributed by atoms with van der Waals surface area (Å²) in [6, 6.07) is 6.19. The predicted octanol–water partition coefficient (Wildman–Crippen LogP) is 2.84. The van der Waals surface area contributed by atoms with Gasteiger partial charge in [-0.25, -0.2) is 8.78 Å². The quantitative estimate of drug-likeness (QED) is 0.925. The fourth-order valence-corrected chi connectivity index (χ4v) is 2.36. The summed E-state index contributed by atoms with van der Waals surface area (Å²) in [5.41, 5.74) is 5.52. The maximum Gasteiger partial charge on any atom is 0.159 e. The molecule has 0 spiro atoms. The second kappa shape index (κ2) is 5.37. The number of nitrogens with two attached hydrogens (primary N) is 1. The monoisotopic (exact) mass is 267 g/mol. The normalized spacial score (nSPS) is 12.4. The Hall–Kier alpha value is -1.59. The molecule has 2 N–H and O–H groups in total. The molecule has 2 nitrogen and oxygen atoms in total. The fourth-order valence-electron chi connectivity index (χ4n) is 1.61. The Morgan fingerprint density at radius 2 is 1.89 bits per heavy atom. The topological polar surface area (TPSA) is 43.1 Å². The third-order valence-electron chi connectivity index (χ3n) is 2.61. The lowest BCUT2D eigenvalue weighted by Crippen LogP contribution is -2.23. The molecule has 0 aliphatic heterocycles. The van der Waals surface area contributed by atoms with E-state index in [1.165, 1.54) is 17.4 Å². The van der Waals surface area contributed by atoms with Gasteiger partial charge in [-0.15, -0.1) is 11.3 Å². The number of halogens is 2. The van der Waals surface area contributed by atoms with E-state index in [0.29, 0.717) is 4.88 Å². The molecule has 5 heteroatoms. The Morgan fingerprint density at radius 1 is 1.22 bits per heavy atom. The highest BCUT2D eigenvalue weighted by Crippen LogP contribution is 2.21. The first-order valence-electron chi connectivity index (χ1n) is 5.34. The van der Waals surface area contributed by atoms with Crippen LogP contribution in [0.1, 0.15) is 16.5 Å². The van der Waals surface area contributed by atoms with Gasteiger partial charge in [0, 0.05) is 16.9 Å². The Labute approximate surface area is 107 Å². The van der Waals surface area contributed by atoms with E-state index in [-0.39, 0.29) is 12.0 Å². The number of carbonyl (C=O) groups excluding carboxylic acids is 1. The standard InChI is InChI=1S/C13H11F2NOS/c14-9-3-1-4-10(15)8(9)7-11(17)13(16)12-5-2-6-18-12/h1-6,13H,7,16H2. The van der Waals surface area contributed by atoms with Crippen LogP contribution in [0.15, 0.2) is 35.7 Å². The van der Waals surface area contributed by atoms with Crippen LogP contribution in [-0.2, 0) is 11.2 Å². The smallest absolute Gasteiger partial charge is 0.159 e. The number of hydrogen-bond acceptors (Lipinski definition) is 3. The number of hydrogen-bond donors (Lipinski definition) is 1. The molecular formula is C13H11F2NOS. The molecule has 0 bridgehead atoms. The number of carbonyl (C=O) groups is 1. The zero-order chi connectivity index (χ0) is 13.1. The van der Waals surface area contributed by atoms with Crippen LogP contribution in [0.5, 0.6) is 0 Å². The van der Waals surface area contributed by atoms with E-state index in [9.17, 15) is 13.6 Å². The van der Waals surface area contributed by atoms with Crippen molar-refractivity contribution in [3.05, 3.63) is 57.8 Å². The first-order valence-corrected chi connectivity index (χ1v) is 6.22. The molecule has 1 unspecified atom stereocenters. The average Bonchev–Trinajstić information content (AvgIpc) is 2.86. The van der Waals surface area contributed by atoms with Crippen molar-refractivity contribution in [2.75, 3.05) is 0 Å². The van der Waals surface area contributed by atoms with Crippen LogP contribution in [0.3, 0.4) is 0 Å². The summed E-state index contributed by atoms with van der Waals surface area (Å²) in [4.78, 5) is 12.6. The van der Waals surface area contributed by atoms with E-state index in [1.807, 2.05) is 0 Å². The maximum absolute atomic E-state index is 13.4. The molecule has 1 aromatic carbocycles. The molecule has 18 heavy (non-hydrogen) atoms. The Morgan fingerprint density at radius 3 is 2.44 bits per heavy atom. The number of thiophene rings is 1. The summed E-state index contributed by atoms with van der Waals surface area (Å²) in [7, 11) is 0. The lowest BCUT2D eigenvalue weighted by Gasteiger charge is -2.09. The highest BCUT2D eigenvalue weighted by atomic mass is 32.1. The first kappa shape index (κ1) is 12.9. The molecule has 0 saturated carbocycles. The zero-order valence-corrected chi connectivity index (χ0v) is 10.2. The second-order valence-corrected chi connectivity index (χ2v) is 4.82. The summed E-state index contributed by atoms with van der Waals surface area (Å²) in [6.45, 7) is 0. The minimum Gasteiger partial charge on any atom is -0.317 e. The third-order valence-corrected chi connectivity index (χ3v) is 3.56. The van der Waals surface area contributed by atoms with Gasteiger partial charge >= 0.3 is 0 Å². The van der Waals surface area contributed by atoms with Crippen molar-refractivity contribution < 1.29 is 13.6 Å². The van der Waals surface area contributed by atoms with Crippen LogP contribution >= 0.6 is 11.3 Å². The maximum atomic E-state index is 13.4. The minimum absolute atomic E-state index is 0.227. The Bertz CT molecular complexity index is 534. The molecule has 0 aliphatic rings. The van der Waals surface area contributed by atoms with Gasteiger partial charge in [-0.3, -0.25) is 4.79 Å². The van der Waals surface area contributed by atoms with Gasteiger partial charge < -0.3 is 5.73 Å². The van der Waals surface area contributed by atoms with Crippen molar-refractivity contribution in [1.82, 2.24) is 0 Å². The van der Waals surface area contributed by atoms with Gasteiger partial charge in [0.2, 0.25) is 0 Å². The highest BCUT2D eigenvalue weighted by Gasteiger charge is 2.20. The molecule has 2 aromatic rings. The molecule has 1 aromatic heterocycles. The van der Waals surface area contributed by atoms with Crippen LogP contribution in [0, 0.1) is 11.6 Å². The van der Waals surface area contributed by atoms with Gasteiger partial charge in [-0.05, 0) is 23.6 Å². The van der Waals surface area contributed by atoms with Crippen molar-refractivity contribution in [3.63, 3.8) is 0 Å². The summed E-state index contributed by atoms with van der Waals surface area (Å²) in [6.07, 6.45) is -0.336. The minimum atomic E-state index is -0.830. The van der Waals surface area contributed by atoms with Gasteiger partial charge in [0.05, 0.1) is 6.04 Å². The molecule has 0 fully saturated rings. The number of rotatable bonds is 4. The van der Waals surface area contributed by atoms with E-state index >= 15 is 0 Å². The number of benzene rings is 1. The largest absolute Gasteiger partial charge is 0.317 e. The van der Waals surface area contributed by atoms with Crippen LogP contribution in [0.4, 0.5) is 8.78 Å². The summed E-state index contributed by atoms with van der Waals surface area (Å²) >= 11 is 1.34. The predicted molar refractivity (Wildman–Crippen MR) is 66.3 cm³/mol. The molecule has 0 saturated heterocycles. The van der Waals surface area contributed by atoms with Crippen molar-refractivity contribution in [2.45, 2.75) is 12.5 Å². The van der Waals surface area contributed by atoms with Gasteiger partial charge in [0.15, 0.2) is 5.78 Å². The molecule has 0 radical (unpaired) electrons. The van der Waals surface area contributed by atoms with E-state index in [1.54, 1.807) is 17.5 Å². The van der Waals surface area contributed by atoms with E-state index in [4.69, 9.17) is 5.73 Å². The van der Waals surface area contributed by atoms with Gasteiger partial charge in [-0.1, -0.05) is 12.1 Å². The highest BCUT2D eigenvalue weighted by molar-refractivity contribution is 7.10. The van der Waals surface area contributed by atoms with Crippen molar-refractivity contribution in [3.8, 4) is 0 Å². The average molecular weight is 267 g/mol. The Kier molecular flexibility index (Phi) is 3.84. The van der Waals surface area contributed by atoms with Crippen molar-refractivity contribution >= 4 is 17.1 Å². The van der Waals surface area contributed by atoms with Crippen molar-refractivity contribution in [2.24, 2.45) is 5.73 Å². The van der Waals surface area contributed by atoms with Crippen LogP contribution < -0.4 is 5.73 Å². The van der Waals surface area contributed by atoms with E-state index < -0.39 is 23.5 Å². The zero-order valence-electron chi connectivity index (χ0n) is 9.40. The molecular weight excluding hydrogens is 256 g/mol. The van der Waals surface area contributed by atoms with Crippen LogP contribution in [0.25, 0.3) is 0 Å². The van der Waals surface area contributed by atoms with Crippen LogP contribution in [-0.4, -0.2) is 5.78 Å².